The highest BCUT2D eigenvalue weighted by molar-refractivity contribution is 5.33. The van der Waals surface area contributed by atoms with Gasteiger partial charge in [0.25, 0.3) is 12.9 Å². The van der Waals surface area contributed by atoms with E-state index in [1.807, 2.05) is 36.9 Å². The van der Waals surface area contributed by atoms with Crippen LogP contribution in [0.1, 0.15) is 24.2 Å². The molecule has 0 saturated carbocycles. The number of nitrogens with one attached hydrogen (secondary N) is 1. The van der Waals surface area contributed by atoms with Gasteiger partial charge in [-0.2, -0.15) is 0 Å². The molecule has 1 aromatic carbocycles. The number of para-hydroxylation sites is 1. The Morgan fingerprint density at radius 3 is 2.48 bits per heavy atom. The smallest absolute Gasteiger partial charge is 0.290 e. The molecule has 180 valence electrons. The molecule has 4 N–H and O–H groups in total. The van der Waals surface area contributed by atoms with Crippen LogP contribution in [0.4, 0.5) is 0 Å². The number of nitrogens with zero attached hydrogens (tertiary/aromatic N) is 4. The van der Waals surface area contributed by atoms with E-state index in [0.717, 1.165) is 36.5 Å². The van der Waals surface area contributed by atoms with Crippen LogP contribution in [0.15, 0.2) is 55.4 Å². The molecule has 0 aliphatic carbocycles. The topological polar surface area (TPSA) is 154 Å². The number of imidazole rings is 2. The molecule has 0 saturated heterocycles. The summed E-state index contributed by atoms with van der Waals surface area (Å²) in [7, 11) is 0. The van der Waals surface area contributed by atoms with Crippen molar-refractivity contribution in [1.82, 2.24) is 24.4 Å². The number of rotatable bonds is 12. The summed E-state index contributed by atoms with van der Waals surface area (Å²) in [6.45, 7) is 3.19. The third-order valence-corrected chi connectivity index (χ3v) is 4.34. The Kier molecular flexibility index (Phi) is 14.8. The minimum atomic E-state index is -0.250. The van der Waals surface area contributed by atoms with Crippen molar-refractivity contribution in [2.45, 2.75) is 32.5 Å². The maximum Gasteiger partial charge on any atom is 0.290 e. The van der Waals surface area contributed by atoms with Crippen LogP contribution in [0.3, 0.4) is 0 Å². The number of benzene rings is 1. The van der Waals surface area contributed by atoms with Crippen molar-refractivity contribution < 1.29 is 29.6 Å². The zero-order valence-corrected chi connectivity index (χ0v) is 18.4. The number of hydrogen-bond acceptors (Lipinski definition) is 7. The average molecular weight is 462 g/mol. The molecule has 0 radical (unpaired) electrons. The van der Waals surface area contributed by atoms with E-state index in [2.05, 4.69) is 30.5 Å². The first kappa shape index (κ1) is 27.3. The van der Waals surface area contributed by atoms with Crippen LogP contribution in [0.2, 0.25) is 0 Å². The second-order valence-corrected chi connectivity index (χ2v) is 6.64. The number of H-pyrrole nitrogens is 1. The minimum absolute atomic E-state index is 0.109. The van der Waals surface area contributed by atoms with Crippen molar-refractivity contribution >= 4 is 12.9 Å². The SMILES string of the molecule is O=CO.O=CO.OCCN(Cc1ncc[nH]1)Cc1ccccc1OCCCCn1ccnc1. The zero-order valence-electron chi connectivity index (χ0n) is 18.4. The fourth-order valence-corrected chi connectivity index (χ4v) is 2.97. The molecule has 11 nitrogen and oxygen atoms in total. The molecule has 2 aromatic heterocycles. The van der Waals surface area contributed by atoms with Crippen LogP contribution in [0, 0.1) is 0 Å². The molecule has 0 atom stereocenters. The standard InChI is InChI=1S/C20H27N5O2.2CH2O2/c26-13-12-25(16-20-22-7-8-23-20)15-18-5-1-2-6-19(18)27-14-4-3-10-24-11-9-21-17-24;2*2-1-3/h1-2,5-9,11,17,26H,3-4,10,12-16H2,(H,22,23);2*1H,(H,2,3). The molecule has 0 fully saturated rings. The third-order valence-electron chi connectivity index (χ3n) is 4.34. The quantitative estimate of drug-likeness (QED) is 0.234. The molecule has 0 aliphatic rings. The van der Waals surface area contributed by atoms with Crippen LogP contribution in [0.5, 0.6) is 5.75 Å². The van der Waals surface area contributed by atoms with Crippen LogP contribution in [-0.2, 0) is 29.2 Å². The molecule has 33 heavy (non-hydrogen) atoms. The summed E-state index contributed by atoms with van der Waals surface area (Å²) < 4.78 is 8.11. The summed E-state index contributed by atoms with van der Waals surface area (Å²) in [5, 5.41) is 23.2. The Labute approximate surface area is 192 Å². The normalized spacial score (nSPS) is 9.88. The highest BCUT2D eigenvalue weighted by atomic mass is 16.5. The first-order valence-corrected chi connectivity index (χ1v) is 10.3. The van der Waals surface area contributed by atoms with Gasteiger partial charge in [-0.3, -0.25) is 14.5 Å². The number of aliphatic hydroxyl groups is 1. The fourth-order valence-electron chi connectivity index (χ4n) is 2.97. The molecule has 0 unspecified atom stereocenters. The largest absolute Gasteiger partial charge is 0.493 e. The van der Waals surface area contributed by atoms with Gasteiger partial charge in [0.1, 0.15) is 11.6 Å². The van der Waals surface area contributed by atoms with E-state index < -0.39 is 0 Å². The molecule has 11 heteroatoms. The highest BCUT2D eigenvalue weighted by Crippen LogP contribution is 2.21. The summed E-state index contributed by atoms with van der Waals surface area (Å²) in [4.78, 5) is 30.3. The molecule has 0 amide bonds. The fraction of sp³-hybridized carbons (Fsp3) is 0.364. The van der Waals surface area contributed by atoms with Crippen LogP contribution >= 0.6 is 0 Å². The Morgan fingerprint density at radius 2 is 1.85 bits per heavy atom. The van der Waals surface area contributed by atoms with Crippen molar-refractivity contribution in [3.8, 4) is 5.75 Å². The van der Waals surface area contributed by atoms with E-state index in [4.69, 9.17) is 24.5 Å². The van der Waals surface area contributed by atoms with Crippen molar-refractivity contribution in [1.29, 1.82) is 0 Å². The van der Waals surface area contributed by atoms with E-state index in [9.17, 15) is 5.11 Å². The zero-order chi connectivity index (χ0) is 24.2. The number of aliphatic hydroxyl groups excluding tert-OH is 1. The van der Waals surface area contributed by atoms with E-state index >= 15 is 0 Å². The van der Waals surface area contributed by atoms with Crippen molar-refractivity contribution in [3.05, 3.63) is 66.8 Å². The maximum absolute atomic E-state index is 9.38. The van der Waals surface area contributed by atoms with Gasteiger partial charge in [-0.05, 0) is 18.9 Å². The molecule has 2 heterocycles. The Hall–Kier alpha value is -3.70. The lowest BCUT2D eigenvalue weighted by Crippen LogP contribution is -2.26. The number of carboxylic acid groups (broad SMARTS) is 2. The summed E-state index contributed by atoms with van der Waals surface area (Å²) in [6.07, 6.45) is 11.2. The number of aryl methyl sites for hydroxylation is 1. The van der Waals surface area contributed by atoms with Gasteiger partial charge in [0.05, 0.1) is 26.1 Å². The molecule has 3 rings (SSSR count). The minimum Gasteiger partial charge on any atom is -0.493 e. The summed E-state index contributed by atoms with van der Waals surface area (Å²) in [5.74, 6) is 1.80. The molecular weight excluding hydrogens is 430 g/mol. The predicted molar refractivity (Wildman–Crippen MR) is 121 cm³/mol. The third kappa shape index (κ3) is 12.1. The number of aromatic amines is 1. The summed E-state index contributed by atoms with van der Waals surface area (Å²) in [6, 6.07) is 8.10. The number of aromatic nitrogens is 4. The Bertz CT molecular complexity index is 852. The number of ether oxygens (including phenoxy) is 1. The van der Waals surface area contributed by atoms with Gasteiger partial charge in [-0.1, -0.05) is 18.2 Å². The highest BCUT2D eigenvalue weighted by Gasteiger charge is 2.11. The second-order valence-electron chi connectivity index (χ2n) is 6.64. The number of carbonyl (C=O) groups is 2. The predicted octanol–water partition coefficient (Wildman–Crippen LogP) is 1.86. The first-order chi connectivity index (χ1) is 16.2. The van der Waals surface area contributed by atoms with Crippen LogP contribution in [0.25, 0.3) is 0 Å². The van der Waals surface area contributed by atoms with Gasteiger partial charge in [0.2, 0.25) is 0 Å². The van der Waals surface area contributed by atoms with Crippen molar-refractivity contribution in [2.24, 2.45) is 0 Å². The average Bonchev–Trinajstić information content (AvgIpc) is 3.50. The first-order valence-electron chi connectivity index (χ1n) is 10.3. The van der Waals surface area contributed by atoms with Gasteiger partial charge in [0.15, 0.2) is 0 Å². The van der Waals surface area contributed by atoms with Crippen LogP contribution < -0.4 is 4.74 Å². The van der Waals surface area contributed by atoms with E-state index in [1.165, 1.54) is 0 Å². The number of hydrogen-bond donors (Lipinski definition) is 4. The van der Waals surface area contributed by atoms with Gasteiger partial charge in [-0.15, -0.1) is 0 Å². The molecule has 0 spiro atoms. The maximum atomic E-state index is 9.38. The monoisotopic (exact) mass is 461 g/mol. The summed E-state index contributed by atoms with van der Waals surface area (Å²) >= 11 is 0. The van der Waals surface area contributed by atoms with Gasteiger partial charge < -0.3 is 29.6 Å². The lowest BCUT2D eigenvalue weighted by Gasteiger charge is -2.22. The number of unbranched alkanes of at least 4 members (excludes halogenated alkanes) is 1. The molecule has 3 aromatic rings. The van der Waals surface area contributed by atoms with Gasteiger partial charge in [0, 0.05) is 50.0 Å². The van der Waals surface area contributed by atoms with Gasteiger partial charge in [-0.25, -0.2) is 9.97 Å². The van der Waals surface area contributed by atoms with Crippen molar-refractivity contribution in [3.63, 3.8) is 0 Å². The lowest BCUT2D eigenvalue weighted by atomic mass is 10.2. The Morgan fingerprint density at radius 1 is 1.09 bits per heavy atom. The van der Waals surface area contributed by atoms with E-state index in [1.54, 1.807) is 12.4 Å². The summed E-state index contributed by atoms with van der Waals surface area (Å²) in [5.41, 5.74) is 1.12. The van der Waals surface area contributed by atoms with Crippen LogP contribution in [-0.4, -0.2) is 72.4 Å². The molecule has 0 bridgehead atoms. The second kappa shape index (κ2) is 17.9. The van der Waals surface area contributed by atoms with Gasteiger partial charge >= 0.3 is 0 Å². The molecular formula is C22H31N5O6. The Balaban J connectivity index is 0.000000819. The molecule has 0 aliphatic heterocycles. The van der Waals surface area contributed by atoms with Crippen molar-refractivity contribution in [2.75, 3.05) is 19.8 Å². The lowest BCUT2D eigenvalue weighted by molar-refractivity contribution is -0.123. The van der Waals surface area contributed by atoms with E-state index in [0.29, 0.717) is 26.2 Å². The van der Waals surface area contributed by atoms with E-state index in [-0.39, 0.29) is 19.6 Å².